The van der Waals surface area contributed by atoms with Gasteiger partial charge >= 0.3 is 5.97 Å². The van der Waals surface area contributed by atoms with Crippen molar-refractivity contribution in [2.75, 3.05) is 19.7 Å². The topological polar surface area (TPSA) is 87.1 Å². The van der Waals surface area contributed by atoms with Crippen LogP contribution in [0, 0.1) is 13.8 Å². The first-order chi connectivity index (χ1) is 9.95. The highest BCUT2D eigenvalue weighted by atomic mass is 16.5. The monoisotopic (exact) mass is 290 g/mol. The van der Waals surface area contributed by atoms with Crippen molar-refractivity contribution >= 4 is 5.97 Å². The van der Waals surface area contributed by atoms with Crippen molar-refractivity contribution in [3.63, 3.8) is 0 Å². The van der Waals surface area contributed by atoms with Crippen molar-refractivity contribution in [1.82, 2.24) is 5.32 Å². The fourth-order valence-electron chi connectivity index (χ4n) is 2.33. The molecular formula is C15H22N4O2. The second-order valence-electron chi connectivity index (χ2n) is 5.05. The van der Waals surface area contributed by atoms with E-state index < -0.39 is 5.54 Å². The van der Waals surface area contributed by atoms with E-state index in [1.54, 1.807) is 13.8 Å². The van der Waals surface area contributed by atoms with Crippen LogP contribution in [0.3, 0.4) is 0 Å². The number of esters is 1. The summed E-state index contributed by atoms with van der Waals surface area (Å²) >= 11 is 0. The van der Waals surface area contributed by atoms with Gasteiger partial charge in [-0.25, -0.2) is 4.79 Å². The molecule has 0 aliphatic rings. The lowest BCUT2D eigenvalue weighted by Crippen LogP contribution is -2.49. The molecule has 6 nitrogen and oxygen atoms in total. The first-order valence-electron chi connectivity index (χ1n) is 6.96. The Kier molecular flexibility index (Phi) is 6.21. The predicted octanol–water partition coefficient (Wildman–Crippen LogP) is 2.98. The largest absolute Gasteiger partial charge is 0.464 e. The molecule has 1 atom stereocenters. The van der Waals surface area contributed by atoms with Crippen molar-refractivity contribution in [3.8, 4) is 0 Å². The minimum absolute atomic E-state index is 0.274. The van der Waals surface area contributed by atoms with Crippen molar-refractivity contribution in [2.45, 2.75) is 33.2 Å². The summed E-state index contributed by atoms with van der Waals surface area (Å²) in [4.78, 5) is 15.1. The summed E-state index contributed by atoms with van der Waals surface area (Å²) in [6, 6.07) is 5.93. The van der Waals surface area contributed by atoms with E-state index in [1.165, 1.54) is 0 Å². The SMILES string of the molecule is CCOC(=O)C(C)(NCCN=[N+]=[N-])c1ccc(C)cc1C. The molecule has 0 bridgehead atoms. The van der Waals surface area contributed by atoms with Crippen molar-refractivity contribution in [1.29, 1.82) is 0 Å². The van der Waals surface area contributed by atoms with Gasteiger partial charge in [0.25, 0.3) is 0 Å². The molecule has 0 heterocycles. The minimum Gasteiger partial charge on any atom is -0.464 e. The average molecular weight is 290 g/mol. The van der Waals surface area contributed by atoms with E-state index in [-0.39, 0.29) is 12.5 Å². The van der Waals surface area contributed by atoms with Gasteiger partial charge in [0.2, 0.25) is 0 Å². The maximum absolute atomic E-state index is 12.4. The number of ether oxygens (including phenoxy) is 1. The zero-order chi connectivity index (χ0) is 15.9. The summed E-state index contributed by atoms with van der Waals surface area (Å²) in [7, 11) is 0. The van der Waals surface area contributed by atoms with Gasteiger partial charge < -0.3 is 4.74 Å². The van der Waals surface area contributed by atoms with Crippen molar-refractivity contribution in [3.05, 3.63) is 45.3 Å². The zero-order valence-corrected chi connectivity index (χ0v) is 13.0. The molecule has 0 saturated heterocycles. The molecule has 1 aromatic rings. The molecular weight excluding hydrogens is 268 g/mol. The number of aryl methyl sites for hydroxylation is 2. The van der Waals surface area contributed by atoms with E-state index in [0.717, 1.165) is 16.7 Å². The molecule has 0 radical (unpaired) electrons. The lowest BCUT2D eigenvalue weighted by atomic mass is 9.87. The summed E-state index contributed by atoms with van der Waals surface area (Å²) in [5.74, 6) is -0.335. The number of carbonyl (C=O) groups excluding carboxylic acids is 1. The van der Waals surface area contributed by atoms with Gasteiger partial charge in [-0.3, -0.25) is 5.32 Å². The van der Waals surface area contributed by atoms with Gasteiger partial charge in [0, 0.05) is 18.0 Å². The summed E-state index contributed by atoms with van der Waals surface area (Å²) in [6.07, 6.45) is 0. The molecule has 114 valence electrons. The van der Waals surface area contributed by atoms with Crippen LogP contribution in [0.2, 0.25) is 0 Å². The number of benzene rings is 1. The van der Waals surface area contributed by atoms with Gasteiger partial charge in [0.05, 0.1) is 6.61 Å². The number of nitrogens with one attached hydrogen (secondary N) is 1. The number of carbonyl (C=O) groups is 1. The third-order valence-electron chi connectivity index (χ3n) is 3.36. The van der Waals surface area contributed by atoms with Gasteiger partial charge in [0.1, 0.15) is 5.54 Å². The Morgan fingerprint density at radius 2 is 2.19 bits per heavy atom. The number of hydrogen-bond donors (Lipinski definition) is 1. The standard InChI is InChI=1S/C15H22N4O2/c1-5-21-14(20)15(4,17-8-9-18-19-16)13-7-6-11(2)10-12(13)3/h6-7,10,17H,5,8-9H2,1-4H3. The molecule has 0 saturated carbocycles. The third kappa shape index (κ3) is 4.21. The molecule has 0 spiro atoms. The molecule has 0 aliphatic heterocycles. The van der Waals surface area contributed by atoms with Crippen LogP contribution in [-0.4, -0.2) is 25.7 Å². The second-order valence-corrected chi connectivity index (χ2v) is 5.05. The molecule has 0 fully saturated rings. The molecule has 6 heteroatoms. The highest BCUT2D eigenvalue weighted by Crippen LogP contribution is 2.26. The molecule has 0 amide bonds. The van der Waals surface area contributed by atoms with Crippen LogP contribution in [0.4, 0.5) is 0 Å². The van der Waals surface area contributed by atoms with E-state index in [2.05, 4.69) is 15.3 Å². The van der Waals surface area contributed by atoms with Crippen LogP contribution in [-0.2, 0) is 15.1 Å². The molecule has 1 aromatic carbocycles. The van der Waals surface area contributed by atoms with Gasteiger partial charge in [-0.05, 0) is 44.4 Å². The van der Waals surface area contributed by atoms with E-state index in [0.29, 0.717) is 13.2 Å². The fourth-order valence-corrected chi connectivity index (χ4v) is 2.33. The lowest BCUT2D eigenvalue weighted by molar-refractivity contribution is -0.151. The van der Waals surface area contributed by atoms with Crippen molar-refractivity contribution in [2.24, 2.45) is 5.11 Å². The van der Waals surface area contributed by atoms with Crippen LogP contribution in [0.15, 0.2) is 23.3 Å². The van der Waals surface area contributed by atoms with Gasteiger partial charge in [0.15, 0.2) is 0 Å². The number of nitrogens with zero attached hydrogens (tertiary/aromatic N) is 3. The summed E-state index contributed by atoms with van der Waals surface area (Å²) < 4.78 is 5.20. The highest BCUT2D eigenvalue weighted by molar-refractivity contribution is 5.82. The van der Waals surface area contributed by atoms with Crippen LogP contribution < -0.4 is 5.32 Å². The van der Waals surface area contributed by atoms with Crippen LogP contribution in [0.5, 0.6) is 0 Å². The Labute approximate surface area is 125 Å². The first-order valence-corrected chi connectivity index (χ1v) is 6.96. The molecule has 0 aliphatic carbocycles. The van der Waals surface area contributed by atoms with Crippen molar-refractivity contribution < 1.29 is 9.53 Å². The van der Waals surface area contributed by atoms with Gasteiger partial charge in [-0.1, -0.05) is 28.9 Å². The first kappa shape index (κ1) is 17.0. The normalized spacial score (nSPS) is 13.1. The second kappa shape index (κ2) is 7.67. The maximum Gasteiger partial charge on any atom is 0.330 e. The Balaban J connectivity index is 3.10. The van der Waals surface area contributed by atoms with Gasteiger partial charge in [-0.15, -0.1) is 0 Å². The smallest absolute Gasteiger partial charge is 0.330 e. The Morgan fingerprint density at radius 3 is 2.76 bits per heavy atom. The van der Waals surface area contributed by atoms with Crippen LogP contribution >= 0.6 is 0 Å². The molecule has 0 aromatic heterocycles. The van der Waals surface area contributed by atoms with E-state index in [9.17, 15) is 4.79 Å². The third-order valence-corrected chi connectivity index (χ3v) is 3.36. The van der Waals surface area contributed by atoms with E-state index in [4.69, 9.17) is 10.3 Å². The number of rotatable bonds is 7. The number of hydrogen-bond acceptors (Lipinski definition) is 4. The van der Waals surface area contributed by atoms with E-state index >= 15 is 0 Å². The summed E-state index contributed by atoms with van der Waals surface area (Å²) in [5, 5.41) is 6.63. The van der Waals surface area contributed by atoms with Crippen LogP contribution in [0.25, 0.3) is 10.4 Å². The van der Waals surface area contributed by atoms with E-state index in [1.807, 2.05) is 32.0 Å². The minimum atomic E-state index is -0.960. The van der Waals surface area contributed by atoms with Gasteiger partial charge in [-0.2, -0.15) is 0 Å². The predicted molar refractivity (Wildman–Crippen MR) is 81.9 cm³/mol. The maximum atomic E-state index is 12.4. The zero-order valence-electron chi connectivity index (χ0n) is 13.0. The Hall–Kier alpha value is -2.04. The summed E-state index contributed by atoms with van der Waals surface area (Å²) in [5.41, 5.74) is 10.4. The average Bonchev–Trinajstić information content (AvgIpc) is 2.43. The Bertz CT molecular complexity index is 553. The highest BCUT2D eigenvalue weighted by Gasteiger charge is 2.37. The quantitative estimate of drug-likeness (QED) is 0.275. The number of azide groups is 1. The Morgan fingerprint density at radius 1 is 1.48 bits per heavy atom. The summed E-state index contributed by atoms with van der Waals surface area (Å²) in [6.45, 7) is 8.53. The molecule has 1 unspecified atom stereocenters. The fraction of sp³-hybridized carbons (Fsp3) is 0.533. The molecule has 1 rings (SSSR count). The molecule has 1 N–H and O–H groups in total. The lowest BCUT2D eigenvalue weighted by Gasteiger charge is -2.30. The van der Waals surface area contributed by atoms with Crippen LogP contribution in [0.1, 0.15) is 30.5 Å². The molecule has 21 heavy (non-hydrogen) atoms.